The van der Waals surface area contributed by atoms with Gasteiger partial charge in [-0.25, -0.2) is 9.97 Å². The first-order valence-electron chi connectivity index (χ1n) is 6.38. The summed E-state index contributed by atoms with van der Waals surface area (Å²) in [6.45, 7) is 0. The molecule has 0 aliphatic heterocycles. The highest BCUT2D eigenvalue weighted by atomic mass is 16.1. The predicted octanol–water partition coefficient (Wildman–Crippen LogP) is 3.09. The Kier molecular flexibility index (Phi) is 2.15. The fourth-order valence-corrected chi connectivity index (χ4v) is 2.63. The lowest BCUT2D eigenvalue weighted by molar-refractivity contribution is 0.112. The van der Waals surface area contributed by atoms with Gasteiger partial charge in [0.2, 0.25) is 0 Å². The van der Waals surface area contributed by atoms with Crippen LogP contribution in [0.2, 0.25) is 0 Å². The number of hydrogen-bond acceptors (Lipinski definition) is 3. The van der Waals surface area contributed by atoms with Gasteiger partial charge in [-0.15, -0.1) is 0 Å². The number of aryl methyl sites for hydroxylation is 1. The summed E-state index contributed by atoms with van der Waals surface area (Å²) >= 11 is 0. The summed E-state index contributed by atoms with van der Waals surface area (Å²) in [4.78, 5) is 20.2. The molecule has 0 aliphatic carbocycles. The van der Waals surface area contributed by atoms with Gasteiger partial charge in [0.1, 0.15) is 11.8 Å². The maximum atomic E-state index is 10.9. The summed E-state index contributed by atoms with van der Waals surface area (Å²) in [6.07, 6.45) is 0.826. The molecule has 20 heavy (non-hydrogen) atoms. The molecule has 2 aromatic heterocycles. The topological polar surface area (TPSA) is 47.8 Å². The number of aldehydes is 1. The van der Waals surface area contributed by atoms with Crippen molar-refractivity contribution in [2.24, 2.45) is 7.05 Å². The van der Waals surface area contributed by atoms with Crippen LogP contribution in [0.3, 0.4) is 0 Å². The third-order valence-corrected chi connectivity index (χ3v) is 3.64. The smallest absolute Gasteiger partial charge is 0.160 e. The molecule has 0 fully saturated rings. The minimum absolute atomic E-state index is 0.616. The zero-order chi connectivity index (χ0) is 13.7. The van der Waals surface area contributed by atoms with E-state index >= 15 is 0 Å². The second kappa shape index (κ2) is 3.87. The van der Waals surface area contributed by atoms with E-state index in [0.717, 1.165) is 39.4 Å². The summed E-state index contributed by atoms with van der Waals surface area (Å²) in [5, 5.41) is 1.10. The summed E-state index contributed by atoms with van der Waals surface area (Å²) in [7, 11) is 1.98. The average Bonchev–Trinajstić information content (AvgIpc) is 2.78. The number of aromatic nitrogens is 3. The zero-order valence-corrected chi connectivity index (χ0v) is 10.9. The maximum absolute atomic E-state index is 10.9. The zero-order valence-electron chi connectivity index (χ0n) is 10.9. The number of hydrogen-bond donors (Lipinski definition) is 0. The lowest BCUT2D eigenvalue weighted by atomic mass is 10.2. The lowest BCUT2D eigenvalue weighted by Crippen LogP contribution is -1.92. The molecule has 4 rings (SSSR count). The summed E-state index contributed by atoms with van der Waals surface area (Å²) in [5.41, 5.74) is 5.00. The van der Waals surface area contributed by atoms with Gasteiger partial charge < -0.3 is 4.57 Å². The Morgan fingerprint density at radius 3 is 2.75 bits per heavy atom. The Hall–Kier alpha value is -2.75. The number of benzene rings is 2. The summed E-state index contributed by atoms with van der Waals surface area (Å²) < 4.78 is 2.03. The van der Waals surface area contributed by atoms with E-state index in [9.17, 15) is 4.79 Å². The third-order valence-electron chi connectivity index (χ3n) is 3.64. The first-order valence-corrected chi connectivity index (χ1v) is 6.38. The van der Waals surface area contributed by atoms with Crippen LogP contribution in [0, 0.1) is 0 Å². The van der Waals surface area contributed by atoms with Crippen molar-refractivity contribution in [2.75, 3.05) is 0 Å². The van der Waals surface area contributed by atoms with E-state index in [2.05, 4.69) is 17.1 Å². The van der Waals surface area contributed by atoms with Gasteiger partial charge in [-0.1, -0.05) is 18.2 Å². The minimum atomic E-state index is 0.616. The van der Waals surface area contributed by atoms with E-state index < -0.39 is 0 Å². The lowest BCUT2D eigenvalue weighted by Gasteiger charge is -2.00. The maximum Gasteiger partial charge on any atom is 0.160 e. The average molecular weight is 261 g/mol. The highest BCUT2D eigenvalue weighted by Crippen LogP contribution is 2.27. The first-order chi connectivity index (χ1) is 9.78. The van der Waals surface area contributed by atoms with Crippen LogP contribution in [0.4, 0.5) is 0 Å². The Bertz CT molecular complexity index is 985. The number of fused-ring (bicyclic) bond motifs is 4. The number of carbonyl (C=O) groups excluding carboxylic acids is 1. The summed E-state index contributed by atoms with van der Waals surface area (Å²) in [5.74, 6) is 0. The Morgan fingerprint density at radius 1 is 1.05 bits per heavy atom. The van der Waals surface area contributed by atoms with Gasteiger partial charge in [0.25, 0.3) is 0 Å². The molecule has 4 aromatic rings. The van der Waals surface area contributed by atoms with Crippen LogP contribution in [-0.4, -0.2) is 20.8 Å². The molecule has 0 bridgehead atoms. The summed E-state index contributed by atoms with van der Waals surface area (Å²) in [6, 6.07) is 13.5. The normalized spacial score (nSPS) is 11.4. The van der Waals surface area contributed by atoms with Crippen LogP contribution in [0.25, 0.3) is 33.1 Å². The number of nitrogens with zero attached hydrogens (tertiary/aromatic N) is 3. The van der Waals surface area contributed by atoms with Gasteiger partial charge in [-0.2, -0.15) is 0 Å². The molecule has 0 saturated heterocycles. The quantitative estimate of drug-likeness (QED) is 0.495. The Labute approximate surface area is 114 Å². The van der Waals surface area contributed by atoms with Gasteiger partial charge in [0.15, 0.2) is 5.65 Å². The van der Waals surface area contributed by atoms with Gasteiger partial charge in [0, 0.05) is 18.0 Å². The molecule has 0 amide bonds. The van der Waals surface area contributed by atoms with Crippen molar-refractivity contribution in [1.82, 2.24) is 14.5 Å². The van der Waals surface area contributed by atoms with E-state index in [4.69, 9.17) is 4.98 Å². The molecule has 2 heterocycles. The molecule has 4 heteroatoms. The van der Waals surface area contributed by atoms with Crippen LogP contribution < -0.4 is 0 Å². The molecule has 96 valence electrons. The highest BCUT2D eigenvalue weighted by Gasteiger charge is 2.11. The first kappa shape index (κ1) is 11.1. The molecule has 4 nitrogen and oxygen atoms in total. The Morgan fingerprint density at radius 2 is 1.90 bits per heavy atom. The van der Waals surface area contributed by atoms with Gasteiger partial charge in [-0.3, -0.25) is 4.79 Å². The van der Waals surface area contributed by atoms with Gasteiger partial charge in [-0.05, 0) is 24.3 Å². The van der Waals surface area contributed by atoms with E-state index in [0.29, 0.717) is 5.56 Å². The van der Waals surface area contributed by atoms with Crippen molar-refractivity contribution < 1.29 is 4.79 Å². The molecule has 0 N–H and O–H groups in total. The van der Waals surface area contributed by atoms with Crippen LogP contribution in [0.5, 0.6) is 0 Å². The van der Waals surface area contributed by atoms with Crippen molar-refractivity contribution in [3.8, 4) is 0 Å². The van der Waals surface area contributed by atoms with Crippen molar-refractivity contribution in [2.45, 2.75) is 0 Å². The van der Waals surface area contributed by atoms with Gasteiger partial charge in [0.05, 0.1) is 16.6 Å². The van der Waals surface area contributed by atoms with Crippen molar-refractivity contribution in [3.05, 3.63) is 48.0 Å². The fraction of sp³-hybridized carbons (Fsp3) is 0.0625. The second-order valence-electron chi connectivity index (χ2n) is 4.84. The highest BCUT2D eigenvalue weighted by molar-refractivity contribution is 6.06. The van der Waals surface area contributed by atoms with E-state index in [1.54, 1.807) is 12.1 Å². The monoisotopic (exact) mass is 261 g/mol. The number of para-hydroxylation sites is 1. The van der Waals surface area contributed by atoms with Gasteiger partial charge >= 0.3 is 0 Å². The molecular formula is C16H11N3O. The standard InChI is InChI=1S/C16H11N3O/c1-19-14-5-3-2-4-11(14)15-16(19)18-13-8-10(9-20)6-7-12(13)17-15/h2-9H,1H3. The van der Waals surface area contributed by atoms with Crippen LogP contribution in [-0.2, 0) is 7.05 Å². The molecule has 0 aliphatic rings. The van der Waals surface area contributed by atoms with Crippen LogP contribution in [0.15, 0.2) is 42.5 Å². The minimum Gasteiger partial charge on any atom is -0.327 e. The van der Waals surface area contributed by atoms with E-state index in [-0.39, 0.29) is 0 Å². The number of rotatable bonds is 1. The molecule has 2 aromatic carbocycles. The van der Waals surface area contributed by atoms with E-state index in [1.165, 1.54) is 0 Å². The molecule has 0 saturated carbocycles. The molecule has 0 spiro atoms. The molecule has 0 unspecified atom stereocenters. The largest absolute Gasteiger partial charge is 0.327 e. The third kappa shape index (κ3) is 1.39. The van der Waals surface area contributed by atoms with Crippen molar-refractivity contribution in [1.29, 1.82) is 0 Å². The Balaban J connectivity index is 2.22. The van der Waals surface area contributed by atoms with E-state index in [1.807, 2.05) is 29.8 Å². The van der Waals surface area contributed by atoms with Crippen molar-refractivity contribution in [3.63, 3.8) is 0 Å². The molecule has 0 radical (unpaired) electrons. The van der Waals surface area contributed by atoms with Crippen LogP contribution >= 0.6 is 0 Å². The fourth-order valence-electron chi connectivity index (χ4n) is 2.63. The van der Waals surface area contributed by atoms with Crippen molar-refractivity contribution >= 4 is 39.4 Å². The second-order valence-corrected chi connectivity index (χ2v) is 4.84. The molecular weight excluding hydrogens is 250 g/mol. The predicted molar refractivity (Wildman–Crippen MR) is 78.9 cm³/mol. The SMILES string of the molecule is Cn1c2ccccc2c2nc3ccc(C=O)cc3nc21. The number of carbonyl (C=O) groups is 1. The van der Waals surface area contributed by atoms with Crippen LogP contribution in [0.1, 0.15) is 10.4 Å². The molecule has 0 atom stereocenters.